The van der Waals surface area contributed by atoms with Gasteiger partial charge in [-0.05, 0) is 41.8 Å². The molecule has 7 nitrogen and oxygen atoms in total. The molecule has 0 aliphatic carbocycles. The zero-order chi connectivity index (χ0) is 23.4. The lowest BCUT2D eigenvalue weighted by Gasteiger charge is -2.13. The fourth-order valence-electron chi connectivity index (χ4n) is 3.68. The zero-order valence-corrected chi connectivity index (χ0v) is 18.0. The van der Waals surface area contributed by atoms with E-state index in [2.05, 4.69) is 5.32 Å². The molecule has 4 rings (SSSR count). The Labute approximate surface area is 191 Å². The number of carbonyl (C=O) groups is 4. The van der Waals surface area contributed by atoms with Crippen LogP contribution >= 0.6 is 0 Å². The molecule has 3 aromatic carbocycles. The van der Waals surface area contributed by atoms with Gasteiger partial charge in [-0.25, -0.2) is 4.79 Å². The summed E-state index contributed by atoms with van der Waals surface area (Å²) in [4.78, 5) is 51.3. The van der Waals surface area contributed by atoms with Crippen molar-refractivity contribution in [2.45, 2.75) is 19.9 Å². The minimum atomic E-state index is -0.751. The number of rotatable bonds is 7. The van der Waals surface area contributed by atoms with Gasteiger partial charge in [-0.3, -0.25) is 19.3 Å². The first-order valence-electron chi connectivity index (χ1n) is 10.6. The van der Waals surface area contributed by atoms with Crippen molar-refractivity contribution < 1.29 is 23.9 Å². The first kappa shape index (κ1) is 22.0. The molecule has 1 N–H and O–H groups in total. The number of hydrogen-bond acceptors (Lipinski definition) is 5. The van der Waals surface area contributed by atoms with Gasteiger partial charge in [0, 0.05) is 5.69 Å². The molecule has 0 spiro atoms. The topological polar surface area (TPSA) is 92.8 Å². The number of fused-ring (bicyclic) bond motifs is 1. The van der Waals surface area contributed by atoms with Gasteiger partial charge >= 0.3 is 5.97 Å². The van der Waals surface area contributed by atoms with Gasteiger partial charge in [0.25, 0.3) is 17.7 Å². The summed E-state index contributed by atoms with van der Waals surface area (Å²) in [7, 11) is 0. The highest BCUT2D eigenvalue weighted by Crippen LogP contribution is 2.26. The lowest BCUT2D eigenvalue weighted by Crippen LogP contribution is -2.29. The average Bonchev–Trinajstić information content (AvgIpc) is 3.07. The molecule has 3 amide bonds. The SMILES string of the molecule is CCc1ccccc1NC(=O)COC(=O)c1ccc2c(c1)C(=O)N(Cc1ccccc1)C2=O. The predicted octanol–water partition coefficient (Wildman–Crippen LogP) is 3.84. The molecule has 0 radical (unpaired) electrons. The van der Waals surface area contributed by atoms with Crippen molar-refractivity contribution in [3.05, 3.63) is 101 Å². The Balaban J connectivity index is 1.41. The van der Waals surface area contributed by atoms with E-state index in [4.69, 9.17) is 4.74 Å². The maximum absolute atomic E-state index is 12.8. The summed E-state index contributed by atoms with van der Waals surface area (Å²) in [5, 5.41) is 2.73. The Morgan fingerprint density at radius 1 is 0.879 bits per heavy atom. The van der Waals surface area contributed by atoms with E-state index in [9.17, 15) is 19.2 Å². The molecule has 0 saturated heterocycles. The van der Waals surface area contributed by atoms with Gasteiger partial charge < -0.3 is 10.1 Å². The third kappa shape index (κ3) is 4.67. The van der Waals surface area contributed by atoms with Crippen LogP contribution in [0.25, 0.3) is 0 Å². The van der Waals surface area contributed by atoms with Gasteiger partial charge in [0.2, 0.25) is 0 Å². The van der Waals surface area contributed by atoms with E-state index in [1.165, 1.54) is 18.2 Å². The number of esters is 1. The molecule has 0 fully saturated rings. The molecule has 1 aliphatic heterocycles. The van der Waals surface area contributed by atoms with E-state index in [1.807, 2.05) is 55.5 Å². The van der Waals surface area contributed by atoms with Crippen LogP contribution in [-0.4, -0.2) is 35.2 Å². The summed E-state index contributed by atoms with van der Waals surface area (Å²) in [6, 6.07) is 20.8. The Morgan fingerprint density at radius 3 is 2.33 bits per heavy atom. The van der Waals surface area contributed by atoms with E-state index in [-0.39, 0.29) is 23.2 Å². The first-order chi connectivity index (χ1) is 16.0. The van der Waals surface area contributed by atoms with Crippen LogP contribution in [0.5, 0.6) is 0 Å². The summed E-state index contributed by atoms with van der Waals surface area (Å²) < 4.78 is 5.12. The number of aryl methyl sites for hydroxylation is 1. The molecule has 0 bridgehead atoms. The fourth-order valence-corrected chi connectivity index (χ4v) is 3.68. The van der Waals surface area contributed by atoms with Crippen LogP contribution in [0.1, 0.15) is 49.1 Å². The van der Waals surface area contributed by atoms with Crippen LogP contribution in [0.15, 0.2) is 72.8 Å². The molecule has 0 saturated carbocycles. The highest BCUT2D eigenvalue weighted by Gasteiger charge is 2.36. The number of ether oxygens (including phenoxy) is 1. The lowest BCUT2D eigenvalue weighted by molar-refractivity contribution is -0.119. The Morgan fingerprint density at radius 2 is 1.58 bits per heavy atom. The molecule has 166 valence electrons. The highest BCUT2D eigenvalue weighted by atomic mass is 16.5. The van der Waals surface area contributed by atoms with E-state index >= 15 is 0 Å². The maximum Gasteiger partial charge on any atom is 0.338 e. The second-order valence-electron chi connectivity index (χ2n) is 7.58. The van der Waals surface area contributed by atoms with Crippen molar-refractivity contribution in [1.29, 1.82) is 0 Å². The third-order valence-corrected chi connectivity index (χ3v) is 5.40. The van der Waals surface area contributed by atoms with Crippen LogP contribution in [0.2, 0.25) is 0 Å². The van der Waals surface area contributed by atoms with Crippen LogP contribution in [-0.2, 0) is 22.5 Å². The van der Waals surface area contributed by atoms with Gasteiger partial charge in [0.05, 0.1) is 23.2 Å². The quantitative estimate of drug-likeness (QED) is 0.443. The van der Waals surface area contributed by atoms with Gasteiger partial charge in [-0.2, -0.15) is 0 Å². The number of carbonyl (C=O) groups excluding carboxylic acids is 4. The minimum Gasteiger partial charge on any atom is -0.452 e. The van der Waals surface area contributed by atoms with Crippen molar-refractivity contribution in [2.75, 3.05) is 11.9 Å². The standard InChI is InChI=1S/C26H22N2O5/c1-2-18-10-6-7-11-22(18)27-23(29)16-33-26(32)19-12-13-20-21(14-19)25(31)28(24(20)30)15-17-8-4-3-5-9-17/h3-14H,2,15-16H2,1H3,(H,27,29). The van der Waals surface area contributed by atoms with Gasteiger partial charge in [-0.1, -0.05) is 55.5 Å². The summed E-state index contributed by atoms with van der Waals surface area (Å²) in [5.74, 6) is -2.10. The Hall–Kier alpha value is -4.26. The first-order valence-corrected chi connectivity index (χ1v) is 10.6. The number of nitrogens with zero attached hydrogens (tertiary/aromatic N) is 1. The van der Waals surface area contributed by atoms with Gasteiger partial charge in [-0.15, -0.1) is 0 Å². The number of imide groups is 1. The van der Waals surface area contributed by atoms with Crippen LogP contribution in [0.3, 0.4) is 0 Å². The summed E-state index contributed by atoms with van der Waals surface area (Å²) in [6.45, 7) is 1.65. The van der Waals surface area contributed by atoms with Crippen molar-refractivity contribution in [1.82, 2.24) is 4.90 Å². The number of hydrogen-bond donors (Lipinski definition) is 1. The largest absolute Gasteiger partial charge is 0.452 e. The van der Waals surface area contributed by atoms with Crippen molar-refractivity contribution in [2.24, 2.45) is 0 Å². The molecular formula is C26H22N2O5. The second kappa shape index (κ2) is 9.48. The van der Waals surface area contributed by atoms with E-state index in [0.717, 1.165) is 22.4 Å². The van der Waals surface area contributed by atoms with Crippen LogP contribution < -0.4 is 5.32 Å². The molecule has 1 heterocycles. The molecule has 3 aromatic rings. The Kier molecular flexibility index (Phi) is 6.31. The molecule has 0 unspecified atom stereocenters. The van der Waals surface area contributed by atoms with Gasteiger partial charge in [0.1, 0.15) is 0 Å². The minimum absolute atomic E-state index is 0.0956. The average molecular weight is 442 g/mol. The zero-order valence-electron chi connectivity index (χ0n) is 18.0. The molecule has 1 aliphatic rings. The second-order valence-corrected chi connectivity index (χ2v) is 7.58. The molecule has 0 atom stereocenters. The molecule has 33 heavy (non-hydrogen) atoms. The summed E-state index contributed by atoms with van der Waals surface area (Å²) >= 11 is 0. The number of nitrogens with one attached hydrogen (secondary N) is 1. The Bertz CT molecular complexity index is 1240. The smallest absolute Gasteiger partial charge is 0.338 e. The predicted molar refractivity (Wildman–Crippen MR) is 122 cm³/mol. The molecule has 7 heteroatoms. The van der Waals surface area contributed by atoms with Gasteiger partial charge in [0.15, 0.2) is 6.61 Å². The van der Waals surface area contributed by atoms with Crippen molar-refractivity contribution >= 4 is 29.4 Å². The van der Waals surface area contributed by atoms with Crippen LogP contribution in [0, 0.1) is 0 Å². The molecular weight excluding hydrogens is 420 g/mol. The van der Waals surface area contributed by atoms with Crippen molar-refractivity contribution in [3.63, 3.8) is 0 Å². The third-order valence-electron chi connectivity index (χ3n) is 5.40. The fraction of sp³-hybridized carbons (Fsp3) is 0.154. The van der Waals surface area contributed by atoms with E-state index < -0.39 is 30.3 Å². The maximum atomic E-state index is 12.8. The van der Waals surface area contributed by atoms with Crippen molar-refractivity contribution in [3.8, 4) is 0 Å². The lowest BCUT2D eigenvalue weighted by atomic mass is 10.1. The number of anilines is 1. The van der Waals surface area contributed by atoms with E-state index in [0.29, 0.717) is 5.69 Å². The molecule has 0 aromatic heterocycles. The highest BCUT2D eigenvalue weighted by molar-refractivity contribution is 6.21. The van der Waals surface area contributed by atoms with Crippen LogP contribution in [0.4, 0.5) is 5.69 Å². The summed E-state index contributed by atoms with van der Waals surface area (Å²) in [5.41, 5.74) is 2.94. The number of benzene rings is 3. The monoisotopic (exact) mass is 442 g/mol. The van der Waals surface area contributed by atoms with E-state index in [1.54, 1.807) is 6.07 Å². The summed E-state index contributed by atoms with van der Waals surface area (Å²) in [6.07, 6.45) is 0.749. The number of para-hydroxylation sites is 1. The number of amides is 3. The normalized spacial score (nSPS) is 12.5.